The lowest BCUT2D eigenvalue weighted by molar-refractivity contribution is -0.121. The predicted molar refractivity (Wildman–Crippen MR) is 92.6 cm³/mol. The number of hydrazine groups is 1. The molecule has 0 atom stereocenters. The zero-order chi connectivity index (χ0) is 17.4. The van der Waals surface area contributed by atoms with Gasteiger partial charge in [0.1, 0.15) is 0 Å². The predicted octanol–water partition coefficient (Wildman–Crippen LogP) is 2.33. The monoisotopic (exact) mass is 366 g/mol. The van der Waals surface area contributed by atoms with Gasteiger partial charge in [0, 0.05) is 47.5 Å². The third-order valence-corrected chi connectivity index (χ3v) is 3.70. The van der Waals surface area contributed by atoms with E-state index in [-0.39, 0.29) is 18.2 Å². The molecule has 0 spiro atoms. The second kappa shape index (κ2) is 9.22. The summed E-state index contributed by atoms with van der Waals surface area (Å²) in [7, 11) is 0. The van der Waals surface area contributed by atoms with E-state index in [4.69, 9.17) is 23.2 Å². The zero-order valence-corrected chi connectivity index (χ0v) is 14.2. The van der Waals surface area contributed by atoms with E-state index in [1.807, 2.05) is 0 Å². The van der Waals surface area contributed by atoms with Crippen molar-refractivity contribution in [1.29, 1.82) is 0 Å². The third kappa shape index (κ3) is 5.81. The van der Waals surface area contributed by atoms with Crippen LogP contribution < -0.4 is 16.2 Å². The fourth-order valence-corrected chi connectivity index (χ4v) is 2.32. The van der Waals surface area contributed by atoms with E-state index in [0.717, 1.165) is 5.56 Å². The van der Waals surface area contributed by atoms with Crippen LogP contribution in [0, 0.1) is 0 Å². The topological polar surface area (TPSA) is 83.1 Å². The summed E-state index contributed by atoms with van der Waals surface area (Å²) in [5, 5.41) is 3.80. The van der Waals surface area contributed by atoms with Gasteiger partial charge in [-0.1, -0.05) is 29.3 Å². The summed E-state index contributed by atoms with van der Waals surface area (Å²) in [4.78, 5) is 27.3. The number of pyridine rings is 1. The number of carbonyl (C=O) groups excluding carboxylic acids is 2. The van der Waals surface area contributed by atoms with Gasteiger partial charge in [-0.15, -0.1) is 0 Å². The number of benzene rings is 1. The highest BCUT2D eigenvalue weighted by Crippen LogP contribution is 2.20. The van der Waals surface area contributed by atoms with E-state index in [2.05, 4.69) is 21.2 Å². The van der Waals surface area contributed by atoms with Gasteiger partial charge in [0.25, 0.3) is 5.91 Å². The van der Waals surface area contributed by atoms with Crippen molar-refractivity contribution in [3.63, 3.8) is 0 Å². The fraction of sp³-hybridized carbons (Fsp3) is 0.188. The smallest absolute Gasteiger partial charge is 0.265 e. The van der Waals surface area contributed by atoms with E-state index >= 15 is 0 Å². The van der Waals surface area contributed by atoms with Gasteiger partial charge in [0.2, 0.25) is 5.91 Å². The van der Waals surface area contributed by atoms with Crippen LogP contribution in [-0.2, 0) is 11.3 Å². The van der Waals surface area contributed by atoms with Crippen LogP contribution in [0.5, 0.6) is 0 Å². The highest BCUT2D eigenvalue weighted by Gasteiger charge is 2.06. The van der Waals surface area contributed by atoms with Crippen molar-refractivity contribution in [1.82, 2.24) is 21.2 Å². The van der Waals surface area contributed by atoms with Gasteiger partial charge in [0.15, 0.2) is 0 Å². The van der Waals surface area contributed by atoms with E-state index in [1.54, 1.807) is 30.3 Å². The van der Waals surface area contributed by atoms with Gasteiger partial charge in [-0.2, -0.15) is 0 Å². The molecule has 6 nitrogen and oxygen atoms in total. The number of aromatic nitrogens is 1. The number of nitrogens with zero attached hydrogens (tertiary/aromatic N) is 1. The van der Waals surface area contributed by atoms with Gasteiger partial charge in [0.05, 0.1) is 0 Å². The Bertz CT molecular complexity index is 710. The van der Waals surface area contributed by atoms with Crippen LogP contribution >= 0.6 is 23.2 Å². The van der Waals surface area contributed by atoms with Gasteiger partial charge in [-0.3, -0.25) is 20.0 Å². The Balaban J connectivity index is 1.65. The van der Waals surface area contributed by atoms with Crippen molar-refractivity contribution in [3.8, 4) is 0 Å². The molecule has 2 aromatic rings. The highest BCUT2D eigenvalue weighted by molar-refractivity contribution is 6.35. The molecule has 126 valence electrons. The lowest BCUT2D eigenvalue weighted by atomic mass is 10.2. The first kappa shape index (κ1) is 18.2. The maximum Gasteiger partial charge on any atom is 0.265 e. The standard InChI is InChI=1S/C16H16Cl2N4O2/c17-13-2-1-12(14(18)9-13)10-20-15(23)5-8-21-22-16(24)11-3-6-19-7-4-11/h1-4,6-7,9,21H,5,8,10H2,(H,20,23)(H,22,24). The number of carbonyl (C=O) groups is 2. The molecule has 0 radical (unpaired) electrons. The first-order valence-electron chi connectivity index (χ1n) is 7.20. The fourth-order valence-electron chi connectivity index (χ4n) is 1.84. The first-order chi connectivity index (χ1) is 11.6. The second-order valence-electron chi connectivity index (χ2n) is 4.88. The molecule has 3 N–H and O–H groups in total. The Morgan fingerprint density at radius 1 is 1.08 bits per heavy atom. The molecule has 0 bridgehead atoms. The Kier molecular flexibility index (Phi) is 6.99. The molecule has 0 unspecified atom stereocenters. The SMILES string of the molecule is O=C(CCNNC(=O)c1ccncc1)NCc1ccc(Cl)cc1Cl. The van der Waals surface area contributed by atoms with Crippen molar-refractivity contribution in [2.45, 2.75) is 13.0 Å². The molecule has 0 aliphatic rings. The van der Waals surface area contributed by atoms with Crippen LogP contribution in [0.25, 0.3) is 0 Å². The Hall–Kier alpha value is -2.15. The van der Waals surface area contributed by atoms with E-state index in [9.17, 15) is 9.59 Å². The Morgan fingerprint density at radius 2 is 1.83 bits per heavy atom. The molecular weight excluding hydrogens is 351 g/mol. The van der Waals surface area contributed by atoms with Gasteiger partial charge in [-0.25, -0.2) is 5.43 Å². The lowest BCUT2D eigenvalue weighted by Crippen LogP contribution is -2.39. The number of hydrogen-bond donors (Lipinski definition) is 3. The number of hydrogen-bond acceptors (Lipinski definition) is 4. The maximum atomic E-state index is 11.8. The third-order valence-electron chi connectivity index (χ3n) is 3.11. The normalized spacial score (nSPS) is 10.2. The molecule has 1 heterocycles. The molecule has 0 saturated carbocycles. The summed E-state index contributed by atoms with van der Waals surface area (Å²) in [5.41, 5.74) is 6.49. The highest BCUT2D eigenvalue weighted by atomic mass is 35.5. The number of rotatable bonds is 7. The molecule has 0 aliphatic heterocycles. The average molecular weight is 367 g/mol. The molecule has 24 heavy (non-hydrogen) atoms. The van der Waals surface area contributed by atoms with Crippen molar-refractivity contribution < 1.29 is 9.59 Å². The minimum Gasteiger partial charge on any atom is -0.352 e. The van der Waals surface area contributed by atoms with E-state index in [0.29, 0.717) is 28.7 Å². The molecule has 0 saturated heterocycles. The average Bonchev–Trinajstić information content (AvgIpc) is 2.58. The largest absolute Gasteiger partial charge is 0.352 e. The molecule has 1 aromatic carbocycles. The van der Waals surface area contributed by atoms with E-state index < -0.39 is 0 Å². The summed E-state index contributed by atoms with van der Waals surface area (Å²) in [6.45, 7) is 0.620. The van der Waals surface area contributed by atoms with Crippen LogP contribution in [0.3, 0.4) is 0 Å². The minimum absolute atomic E-state index is 0.160. The zero-order valence-electron chi connectivity index (χ0n) is 12.7. The van der Waals surface area contributed by atoms with Crippen molar-refractivity contribution in [2.75, 3.05) is 6.54 Å². The number of halogens is 2. The lowest BCUT2D eigenvalue weighted by Gasteiger charge is -2.09. The van der Waals surface area contributed by atoms with Crippen LogP contribution in [0.2, 0.25) is 10.0 Å². The molecule has 1 aromatic heterocycles. The quantitative estimate of drug-likeness (QED) is 0.518. The molecule has 0 aliphatic carbocycles. The summed E-state index contributed by atoms with van der Waals surface area (Å²) in [6, 6.07) is 8.29. The first-order valence-corrected chi connectivity index (χ1v) is 7.95. The van der Waals surface area contributed by atoms with Gasteiger partial charge >= 0.3 is 0 Å². The van der Waals surface area contributed by atoms with Gasteiger partial charge in [-0.05, 0) is 29.8 Å². The second-order valence-corrected chi connectivity index (χ2v) is 5.72. The van der Waals surface area contributed by atoms with Crippen LogP contribution in [0.15, 0.2) is 42.7 Å². The molecule has 8 heteroatoms. The summed E-state index contributed by atoms with van der Waals surface area (Å²) in [5.74, 6) is -0.447. The van der Waals surface area contributed by atoms with E-state index in [1.165, 1.54) is 12.4 Å². The van der Waals surface area contributed by atoms with Crippen LogP contribution in [-0.4, -0.2) is 23.3 Å². The number of nitrogens with one attached hydrogen (secondary N) is 3. The summed E-state index contributed by atoms with van der Waals surface area (Å²) >= 11 is 11.8. The van der Waals surface area contributed by atoms with Crippen molar-refractivity contribution >= 4 is 35.0 Å². The van der Waals surface area contributed by atoms with Crippen molar-refractivity contribution in [3.05, 3.63) is 63.9 Å². The Labute approximate surface area is 149 Å². The van der Waals surface area contributed by atoms with Crippen molar-refractivity contribution in [2.24, 2.45) is 0 Å². The Morgan fingerprint density at radius 3 is 2.54 bits per heavy atom. The van der Waals surface area contributed by atoms with Crippen LogP contribution in [0.4, 0.5) is 0 Å². The minimum atomic E-state index is -0.286. The van der Waals surface area contributed by atoms with Crippen LogP contribution in [0.1, 0.15) is 22.3 Å². The summed E-state index contributed by atoms with van der Waals surface area (Å²) < 4.78 is 0. The molecule has 2 amide bonds. The number of amides is 2. The maximum absolute atomic E-state index is 11.8. The molecular formula is C16H16Cl2N4O2. The molecule has 0 fully saturated rings. The summed E-state index contributed by atoms with van der Waals surface area (Å²) in [6.07, 6.45) is 3.27. The molecule has 2 rings (SSSR count). The van der Waals surface area contributed by atoms with Gasteiger partial charge < -0.3 is 5.32 Å².